The third-order valence-electron chi connectivity index (χ3n) is 3.49. The highest BCUT2D eigenvalue weighted by atomic mass is 19.1. The van der Waals surface area contributed by atoms with Crippen molar-refractivity contribution in [2.45, 2.75) is 26.3 Å². The number of amides is 2. The van der Waals surface area contributed by atoms with E-state index in [2.05, 4.69) is 10.6 Å². The van der Waals surface area contributed by atoms with Crippen molar-refractivity contribution in [3.05, 3.63) is 41.3 Å². The summed E-state index contributed by atoms with van der Waals surface area (Å²) in [4.78, 5) is 23.9. The summed E-state index contributed by atoms with van der Waals surface area (Å²) in [5.41, 5.74) is 0.333. The molecule has 0 spiro atoms. The number of halogens is 1. The van der Waals surface area contributed by atoms with Gasteiger partial charge in [0.05, 0.1) is 0 Å². The third-order valence-corrected chi connectivity index (χ3v) is 3.49. The Morgan fingerprint density at radius 1 is 1.35 bits per heavy atom. The van der Waals surface area contributed by atoms with Crippen LogP contribution in [0.3, 0.4) is 0 Å². The predicted octanol–water partition coefficient (Wildman–Crippen LogP) is 1.83. The van der Waals surface area contributed by atoms with Crippen LogP contribution in [0.4, 0.5) is 4.39 Å². The fourth-order valence-corrected chi connectivity index (χ4v) is 2.04. The van der Waals surface area contributed by atoms with Crippen LogP contribution >= 0.6 is 0 Å². The minimum absolute atomic E-state index is 0.0500. The number of rotatable bonds is 3. The predicted molar refractivity (Wildman–Crippen MR) is 73.9 cm³/mol. The molecule has 4 nitrogen and oxygen atoms in total. The average molecular weight is 276 g/mol. The molecule has 0 unspecified atom stereocenters. The van der Waals surface area contributed by atoms with Gasteiger partial charge in [0.2, 0.25) is 5.91 Å². The Bertz CT molecular complexity index is 569. The standard InChI is InChI=1S/C15H17FN2O2/c1-3-9(2)13-15(20)17-12(14(19)18-13)8-10-6-4-5-7-11(10)16/h4-9,13H,3H2,1-2H3,(H,17,20)(H,18,19)/t9-,13-/m1/s1. The van der Waals surface area contributed by atoms with Gasteiger partial charge in [-0.3, -0.25) is 9.59 Å². The average Bonchev–Trinajstić information content (AvgIpc) is 2.44. The maximum Gasteiger partial charge on any atom is 0.268 e. The van der Waals surface area contributed by atoms with Gasteiger partial charge in [-0.1, -0.05) is 38.5 Å². The van der Waals surface area contributed by atoms with E-state index in [9.17, 15) is 14.0 Å². The van der Waals surface area contributed by atoms with E-state index in [0.29, 0.717) is 0 Å². The van der Waals surface area contributed by atoms with Gasteiger partial charge >= 0.3 is 0 Å². The molecule has 0 aliphatic carbocycles. The van der Waals surface area contributed by atoms with Gasteiger partial charge in [0.15, 0.2) is 0 Å². The molecule has 1 saturated heterocycles. The molecule has 2 atom stereocenters. The van der Waals surface area contributed by atoms with Gasteiger partial charge in [0.25, 0.3) is 5.91 Å². The van der Waals surface area contributed by atoms with Crippen molar-refractivity contribution in [3.63, 3.8) is 0 Å². The van der Waals surface area contributed by atoms with Gasteiger partial charge in [0, 0.05) is 5.56 Å². The van der Waals surface area contributed by atoms with Crippen LogP contribution in [-0.2, 0) is 9.59 Å². The summed E-state index contributed by atoms with van der Waals surface area (Å²) in [5, 5.41) is 5.22. The molecule has 2 N–H and O–H groups in total. The monoisotopic (exact) mass is 276 g/mol. The van der Waals surface area contributed by atoms with E-state index in [0.717, 1.165) is 6.42 Å². The summed E-state index contributed by atoms with van der Waals surface area (Å²) >= 11 is 0. The summed E-state index contributed by atoms with van der Waals surface area (Å²) in [7, 11) is 0. The van der Waals surface area contributed by atoms with Crippen molar-refractivity contribution in [1.82, 2.24) is 10.6 Å². The van der Waals surface area contributed by atoms with Crippen molar-refractivity contribution < 1.29 is 14.0 Å². The van der Waals surface area contributed by atoms with Crippen molar-refractivity contribution in [2.24, 2.45) is 5.92 Å². The van der Waals surface area contributed by atoms with Gasteiger partial charge in [-0.05, 0) is 18.1 Å². The lowest BCUT2D eigenvalue weighted by atomic mass is 9.96. The second-order valence-electron chi connectivity index (χ2n) is 4.91. The first kappa shape index (κ1) is 14.2. The zero-order chi connectivity index (χ0) is 14.7. The Hall–Kier alpha value is -2.17. The van der Waals surface area contributed by atoms with E-state index < -0.39 is 17.8 Å². The highest BCUT2D eigenvalue weighted by molar-refractivity contribution is 6.07. The van der Waals surface area contributed by atoms with Gasteiger partial charge in [-0.15, -0.1) is 0 Å². The van der Waals surface area contributed by atoms with Crippen molar-refractivity contribution in [2.75, 3.05) is 0 Å². The molecule has 2 amide bonds. The summed E-state index contributed by atoms with van der Waals surface area (Å²) in [5.74, 6) is -1.04. The van der Waals surface area contributed by atoms with E-state index in [-0.39, 0.29) is 23.1 Å². The van der Waals surface area contributed by atoms with Crippen molar-refractivity contribution in [1.29, 1.82) is 0 Å². The number of nitrogens with one attached hydrogen (secondary N) is 2. The van der Waals surface area contributed by atoms with Crippen LogP contribution < -0.4 is 10.6 Å². The molecule has 1 aromatic carbocycles. The lowest BCUT2D eigenvalue weighted by molar-refractivity contribution is -0.132. The van der Waals surface area contributed by atoms with Crippen LogP contribution in [0.15, 0.2) is 30.0 Å². The molecule has 1 aliphatic rings. The molecule has 1 aliphatic heterocycles. The number of hydrogen-bond acceptors (Lipinski definition) is 2. The molecule has 106 valence electrons. The largest absolute Gasteiger partial charge is 0.339 e. The van der Waals surface area contributed by atoms with Crippen molar-refractivity contribution in [3.8, 4) is 0 Å². The summed E-state index contributed by atoms with van der Waals surface area (Å²) in [6, 6.07) is 5.54. The summed E-state index contributed by atoms with van der Waals surface area (Å²) in [6.07, 6.45) is 2.13. The van der Waals surface area contributed by atoms with Crippen LogP contribution in [0.1, 0.15) is 25.8 Å². The molecule has 1 aromatic rings. The zero-order valence-corrected chi connectivity index (χ0v) is 11.4. The first-order chi connectivity index (χ1) is 9.52. The molecule has 1 fully saturated rings. The number of piperazine rings is 1. The minimum atomic E-state index is -0.537. The molecule has 1 heterocycles. The topological polar surface area (TPSA) is 58.2 Å². The van der Waals surface area contributed by atoms with E-state index in [1.165, 1.54) is 12.1 Å². The molecule has 0 bridgehead atoms. The molecule has 0 aromatic heterocycles. The second kappa shape index (κ2) is 5.86. The van der Waals surface area contributed by atoms with E-state index in [4.69, 9.17) is 0 Å². The lowest BCUT2D eigenvalue weighted by Crippen LogP contribution is -2.57. The fourth-order valence-electron chi connectivity index (χ4n) is 2.04. The highest BCUT2D eigenvalue weighted by Gasteiger charge is 2.32. The molecular weight excluding hydrogens is 259 g/mol. The number of benzene rings is 1. The Balaban J connectivity index is 2.23. The first-order valence-electron chi connectivity index (χ1n) is 6.61. The summed E-state index contributed by atoms with van der Waals surface area (Å²) in [6.45, 7) is 3.85. The normalized spacial score (nSPS) is 22.4. The first-order valence-corrected chi connectivity index (χ1v) is 6.61. The van der Waals surface area contributed by atoms with Crippen molar-refractivity contribution >= 4 is 17.9 Å². The van der Waals surface area contributed by atoms with Gasteiger partial charge in [-0.25, -0.2) is 4.39 Å². The molecule has 20 heavy (non-hydrogen) atoms. The fraction of sp³-hybridized carbons (Fsp3) is 0.333. The van der Waals surface area contributed by atoms with Crippen LogP contribution in [0.2, 0.25) is 0 Å². The number of carbonyl (C=O) groups excluding carboxylic acids is 2. The van der Waals surface area contributed by atoms with E-state index in [1.54, 1.807) is 18.2 Å². The molecule has 2 rings (SSSR count). The maximum absolute atomic E-state index is 13.5. The number of hydrogen-bond donors (Lipinski definition) is 2. The van der Waals surface area contributed by atoms with Crippen LogP contribution in [0, 0.1) is 11.7 Å². The maximum atomic E-state index is 13.5. The van der Waals surface area contributed by atoms with Crippen LogP contribution in [0.25, 0.3) is 6.08 Å². The Morgan fingerprint density at radius 3 is 2.70 bits per heavy atom. The Kier molecular flexibility index (Phi) is 4.17. The van der Waals surface area contributed by atoms with Crippen LogP contribution in [-0.4, -0.2) is 17.9 Å². The molecule has 5 heteroatoms. The summed E-state index contributed by atoms with van der Waals surface area (Å²) < 4.78 is 13.5. The molecule has 0 radical (unpaired) electrons. The third kappa shape index (κ3) is 2.87. The lowest BCUT2D eigenvalue weighted by Gasteiger charge is -2.28. The van der Waals surface area contributed by atoms with Gasteiger partial charge in [-0.2, -0.15) is 0 Å². The molecule has 0 saturated carbocycles. The minimum Gasteiger partial charge on any atom is -0.339 e. The number of carbonyl (C=O) groups is 2. The smallest absolute Gasteiger partial charge is 0.268 e. The Labute approximate surface area is 117 Å². The van der Waals surface area contributed by atoms with Crippen LogP contribution in [0.5, 0.6) is 0 Å². The molecular formula is C15H17FN2O2. The Morgan fingerprint density at radius 2 is 2.05 bits per heavy atom. The second-order valence-corrected chi connectivity index (χ2v) is 4.91. The zero-order valence-electron chi connectivity index (χ0n) is 11.4. The highest BCUT2D eigenvalue weighted by Crippen LogP contribution is 2.16. The van der Waals surface area contributed by atoms with E-state index >= 15 is 0 Å². The quantitative estimate of drug-likeness (QED) is 0.827. The van der Waals surface area contributed by atoms with Gasteiger partial charge < -0.3 is 10.6 Å². The van der Waals surface area contributed by atoms with Gasteiger partial charge in [0.1, 0.15) is 17.6 Å². The van der Waals surface area contributed by atoms with E-state index in [1.807, 2.05) is 13.8 Å². The SMILES string of the molecule is CC[C@@H](C)[C@H]1NC(=O)C(=Cc2ccccc2F)NC1=O.